The molecule has 0 saturated heterocycles. The Hall–Kier alpha value is -4.07. The maximum Gasteiger partial charge on any atom is 0.408 e. The number of benzene rings is 3. The van der Waals surface area contributed by atoms with Crippen LogP contribution in [0.4, 0.5) is 13.6 Å². The van der Waals surface area contributed by atoms with E-state index in [-0.39, 0.29) is 18.6 Å². The van der Waals surface area contributed by atoms with Gasteiger partial charge < -0.3 is 14.8 Å². The van der Waals surface area contributed by atoms with Crippen molar-refractivity contribution in [3.63, 3.8) is 0 Å². The molecule has 0 heterocycles. The highest BCUT2D eigenvalue weighted by Gasteiger charge is 2.25. The van der Waals surface area contributed by atoms with Crippen molar-refractivity contribution in [3.05, 3.63) is 107 Å². The van der Waals surface area contributed by atoms with Gasteiger partial charge in [-0.2, -0.15) is 0 Å². The zero-order valence-electron chi connectivity index (χ0n) is 17.5. The van der Waals surface area contributed by atoms with Crippen LogP contribution in [0.15, 0.2) is 78.9 Å². The van der Waals surface area contributed by atoms with Gasteiger partial charge in [-0.1, -0.05) is 60.7 Å². The van der Waals surface area contributed by atoms with Crippen LogP contribution < -0.4 is 5.32 Å². The molecular weight excluding hydrogens is 432 g/mol. The summed E-state index contributed by atoms with van der Waals surface area (Å²) in [6.07, 6.45) is -0.733. The van der Waals surface area contributed by atoms with Gasteiger partial charge in [0.2, 0.25) is 0 Å². The first-order valence-electron chi connectivity index (χ1n) is 10.1. The Bertz CT molecular complexity index is 1110. The van der Waals surface area contributed by atoms with E-state index >= 15 is 0 Å². The minimum Gasteiger partial charge on any atom is -0.456 e. The lowest BCUT2D eigenvalue weighted by atomic mass is 10.1. The van der Waals surface area contributed by atoms with Crippen molar-refractivity contribution in [1.29, 1.82) is 0 Å². The van der Waals surface area contributed by atoms with Gasteiger partial charge in [0.05, 0.1) is 0 Å². The number of amides is 1. The fraction of sp³-hybridized carbons (Fsp3) is 0.160. The molecule has 33 heavy (non-hydrogen) atoms. The van der Waals surface area contributed by atoms with E-state index in [4.69, 9.17) is 9.47 Å². The molecule has 6 nitrogen and oxygen atoms in total. The number of ether oxygens (including phenoxy) is 2. The van der Waals surface area contributed by atoms with Crippen LogP contribution in [0.2, 0.25) is 0 Å². The van der Waals surface area contributed by atoms with Crippen molar-refractivity contribution < 1.29 is 32.6 Å². The van der Waals surface area contributed by atoms with E-state index in [9.17, 15) is 23.2 Å². The summed E-state index contributed by atoms with van der Waals surface area (Å²) in [5, 5.41) is 2.46. The summed E-state index contributed by atoms with van der Waals surface area (Å²) in [6.45, 7) is -0.690. The number of carbonyl (C=O) groups excluding carboxylic acids is 3. The minimum atomic E-state index is -1.18. The largest absolute Gasteiger partial charge is 0.456 e. The summed E-state index contributed by atoms with van der Waals surface area (Å²) in [7, 11) is 0. The molecule has 0 saturated carbocycles. The first kappa shape index (κ1) is 23.6. The molecule has 0 spiro atoms. The van der Waals surface area contributed by atoms with Crippen LogP contribution in [0, 0.1) is 11.6 Å². The van der Waals surface area contributed by atoms with Gasteiger partial charge in [-0.25, -0.2) is 18.4 Å². The third-order valence-corrected chi connectivity index (χ3v) is 4.66. The third kappa shape index (κ3) is 7.24. The fourth-order valence-corrected chi connectivity index (χ4v) is 2.94. The predicted octanol–water partition coefficient (Wildman–Crippen LogP) is 4.23. The van der Waals surface area contributed by atoms with Gasteiger partial charge in [0, 0.05) is 12.0 Å². The van der Waals surface area contributed by atoms with E-state index < -0.39 is 42.1 Å². The van der Waals surface area contributed by atoms with Gasteiger partial charge in [0.25, 0.3) is 0 Å². The maximum atomic E-state index is 13.4. The van der Waals surface area contributed by atoms with Gasteiger partial charge in [0.1, 0.15) is 12.6 Å². The average Bonchev–Trinajstić information content (AvgIpc) is 2.83. The van der Waals surface area contributed by atoms with Gasteiger partial charge in [0.15, 0.2) is 24.0 Å². The van der Waals surface area contributed by atoms with Crippen LogP contribution in [0.1, 0.15) is 21.5 Å². The van der Waals surface area contributed by atoms with Crippen LogP contribution in [-0.2, 0) is 27.3 Å². The minimum absolute atomic E-state index is 0.00833. The SMILES string of the molecule is O=C(NC(Cc1ccccc1)C(=O)OCC(=O)c1ccc(F)c(F)c1)OCc1ccccc1. The molecule has 3 aromatic rings. The zero-order valence-corrected chi connectivity index (χ0v) is 17.5. The van der Waals surface area contributed by atoms with E-state index in [1.807, 2.05) is 6.07 Å². The number of ketones is 1. The van der Waals surface area contributed by atoms with Crippen LogP contribution in [0.3, 0.4) is 0 Å². The van der Waals surface area contributed by atoms with Crippen LogP contribution in [0.5, 0.6) is 0 Å². The molecule has 0 aliphatic rings. The predicted molar refractivity (Wildman–Crippen MR) is 115 cm³/mol. The number of alkyl carbamates (subject to hydrolysis) is 1. The van der Waals surface area contributed by atoms with E-state index in [1.165, 1.54) is 0 Å². The van der Waals surface area contributed by atoms with Gasteiger partial charge in [-0.15, -0.1) is 0 Å². The molecule has 0 radical (unpaired) electrons. The highest BCUT2D eigenvalue weighted by atomic mass is 19.2. The van der Waals surface area contributed by atoms with Crippen molar-refractivity contribution in [3.8, 4) is 0 Å². The molecule has 0 aromatic heterocycles. The first-order valence-corrected chi connectivity index (χ1v) is 10.1. The van der Waals surface area contributed by atoms with Crippen LogP contribution in [-0.4, -0.2) is 30.5 Å². The quantitative estimate of drug-likeness (QED) is 0.387. The number of halogens is 2. The summed E-state index contributed by atoms with van der Waals surface area (Å²) in [4.78, 5) is 37.1. The van der Waals surface area contributed by atoms with E-state index in [1.54, 1.807) is 54.6 Å². The summed E-state index contributed by atoms with van der Waals surface area (Å²) < 4.78 is 36.6. The lowest BCUT2D eigenvalue weighted by molar-refractivity contribution is -0.144. The number of hydrogen-bond acceptors (Lipinski definition) is 5. The fourth-order valence-electron chi connectivity index (χ4n) is 2.94. The first-order chi connectivity index (χ1) is 15.9. The van der Waals surface area contributed by atoms with E-state index in [2.05, 4.69) is 5.32 Å². The van der Waals surface area contributed by atoms with Crippen LogP contribution in [0.25, 0.3) is 0 Å². The van der Waals surface area contributed by atoms with Gasteiger partial charge in [-0.05, 0) is 29.3 Å². The lowest BCUT2D eigenvalue weighted by Gasteiger charge is -2.18. The topological polar surface area (TPSA) is 81.7 Å². The van der Waals surface area contributed by atoms with Gasteiger partial charge in [-0.3, -0.25) is 4.79 Å². The lowest BCUT2D eigenvalue weighted by Crippen LogP contribution is -2.44. The van der Waals surface area contributed by atoms with Crippen LogP contribution >= 0.6 is 0 Å². The molecule has 0 bridgehead atoms. The van der Waals surface area contributed by atoms with Crippen molar-refractivity contribution >= 4 is 17.8 Å². The number of carbonyl (C=O) groups is 3. The van der Waals surface area contributed by atoms with E-state index in [0.717, 1.165) is 29.3 Å². The highest BCUT2D eigenvalue weighted by Crippen LogP contribution is 2.11. The van der Waals surface area contributed by atoms with E-state index in [0.29, 0.717) is 0 Å². The summed E-state index contributed by atoms with van der Waals surface area (Å²) in [5.41, 5.74) is 1.37. The number of hydrogen-bond donors (Lipinski definition) is 1. The Balaban J connectivity index is 1.62. The molecule has 1 unspecified atom stereocenters. The smallest absolute Gasteiger partial charge is 0.408 e. The summed E-state index contributed by atoms with van der Waals surface area (Å²) in [6, 6.07) is 19.4. The second-order valence-electron chi connectivity index (χ2n) is 7.11. The van der Waals surface area contributed by atoms with Crippen molar-refractivity contribution in [1.82, 2.24) is 5.32 Å². The number of esters is 1. The monoisotopic (exact) mass is 453 g/mol. The summed E-state index contributed by atoms with van der Waals surface area (Å²) >= 11 is 0. The molecular formula is C25H21F2NO5. The number of Topliss-reactive ketones (excluding diaryl/α,β-unsaturated/α-hetero) is 1. The molecule has 170 valence electrons. The summed E-state index contributed by atoms with van der Waals surface area (Å²) in [5.74, 6) is -3.86. The molecule has 3 rings (SSSR count). The molecule has 0 aliphatic carbocycles. The normalized spacial score (nSPS) is 11.3. The molecule has 1 amide bonds. The second kappa shape index (κ2) is 11.5. The Morgan fingerprint density at radius 3 is 2.06 bits per heavy atom. The maximum absolute atomic E-state index is 13.4. The molecule has 0 aliphatic heterocycles. The second-order valence-corrected chi connectivity index (χ2v) is 7.11. The standard InChI is InChI=1S/C25H21F2NO5/c26-20-12-11-19(14-21(20)27)23(29)16-32-24(30)22(13-17-7-3-1-4-8-17)28-25(31)33-15-18-9-5-2-6-10-18/h1-12,14,22H,13,15-16H2,(H,28,31). The van der Waals surface area contributed by atoms with Crippen molar-refractivity contribution in [2.24, 2.45) is 0 Å². The molecule has 3 aromatic carbocycles. The Morgan fingerprint density at radius 2 is 1.42 bits per heavy atom. The Labute approximate surface area is 189 Å². The molecule has 1 N–H and O–H groups in total. The van der Waals surface area contributed by atoms with Crippen molar-refractivity contribution in [2.75, 3.05) is 6.61 Å². The molecule has 1 atom stereocenters. The Kier molecular flexibility index (Phi) is 8.24. The molecule has 0 fully saturated rings. The Morgan fingerprint density at radius 1 is 0.788 bits per heavy atom. The van der Waals surface area contributed by atoms with Gasteiger partial charge >= 0.3 is 12.1 Å². The highest BCUT2D eigenvalue weighted by molar-refractivity contribution is 5.98. The number of rotatable bonds is 9. The number of nitrogens with one attached hydrogen (secondary N) is 1. The van der Waals surface area contributed by atoms with Crippen molar-refractivity contribution in [2.45, 2.75) is 19.1 Å². The zero-order chi connectivity index (χ0) is 23.6. The molecule has 8 heteroatoms. The average molecular weight is 453 g/mol. The third-order valence-electron chi connectivity index (χ3n) is 4.66.